The lowest BCUT2D eigenvalue weighted by molar-refractivity contribution is 0.289. The highest BCUT2D eigenvalue weighted by atomic mass is 15.3. The van der Waals surface area contributed by atoms with Gasteiger partial charge in [0.2, 0.25) is 5.95 Å². The highest BCUT2D eigenvalue weighted by Gasteiger charge is 2.16. The fourth-order valence-electron chi connectivity index (χ4n) is 2.54. The predicted octanol–water partition coefficient (Wildman–Crippen LogP) is 1.68. The second kappa shape index (κ2) is 6.70. The Labute approximate surface area is 115 Å². The normalized spacial score (nSPS) is 17.5. The van der Waals surface area contributed by atoms with E-state index in [0.29, 0.717) is 5.95 Å². The Balaban J connectivity index is 1.98. The lowest BCUT2D eigenvalue weighted by Gasteiger charge is -2.23. The van der Waals surface area contributed by atoms with E-state index in [1.54, 1.807) is 0 Å². The maximum absolute atomic E-state index is 5.74. The summed E-state index contributed by atoms with van der Waals surface area (Å²) in [5, 5.41) is 0. The van der Waals surface area contributed by atoms with Gasteiger partial charge in [-0.25, -0.2) is 4.98 Å². The molecule has 1 aromatic heterocycles. The maximum Gasteiger partial charge on any atom is 0.222 e. The van der Waals surface area contributed by atoms with Crippen molar-refractivity contribution >= 4 is 11.8 Å². The second-order valence-electron chi connectivity index (χ2n) is 5.26. The van der Waals surface area contributed by atoms with E-state index in [1.807, 2.05) is 13.0 Å². The van der Waals surface area contributed by atoms with Crippen LogP contribution < -0.4 is 10.6 Å². The zero-order valence-electron chi connectivity index (χ0n) is 12.1. The van der Waals surface area contributed by atoms with Gasteiger partial charge in [-0.3, -0.25) is 0 Å². The van der Waals surface area contributed by atoms with E-state index in [-0.39, 0.29) is 0 Å². The van der Waals surface area contributed by atoms with Crippen LogP contribution in [-0.2, 0) is 0 Å². The van der Waals surface area contributed by atoms with Crippen LogP contribution in [0.1, 0.15) is 31.9 Å². The number of nitrogens with zero attached hydrogens (tertiary/aromatic N) is 4. The number of nitrogens with two attached hydrogens (primary N) is 1. The molecule has 0 aromatic carbocycles. The second-order valence-corrected chi connectivity index (χ2v) is 5.26. The topological polar surface area (TPSA) is 58.3 Å². The number of unbranched alkanes of at least 4 members (excludes halogenated alkanes) is 1. The summed E-state index contributed by atoms with van der Waals surface area (Å²) < 4.78 is 0. The molecular weight excluding hydrogens is 238 g/mol. The van der Waals surface area contributed by atoms with Gasteiger partial charge in [0.25, 0.3) is 0 Å². The molecule has 1 aliphatic rings. The van der Waals surface area contributed by atoms with Gasteiger partial charge in [0.05, 0.1) is 0 Å². The first kappa shape index (κ1) is 14.1. The third-order valence-corrected chi connectivity index (χ3v) is 3.60. The molecule has 2 rings (SSSR count). The van der Waals surface area contributed by atoms with Crippen LogP contribution in [0.4, 0.5) is 11.8 Å². The molecule has 0 radical (unpaired) electrons. The standard InChI is InChI=1S/C14H25N5/c1-3-4-6-18-7-5-8-19(10-9-18)13-11-12(2)16-14(15)17-13/h11H,3-10H2,1-2H3,(H2,15,16,17). The summed E-state index contributed by atoms with van der Waals surface area (Å²) >= 11 is 0. The quantitative estimate of drug-likeness (QED) is 0.895. The SMILES string of the molecule is CCCCN1CCCN(c2cc(C)nc(N)n2)CC1. The first-order chi connectivity index (χ1) is 9.19. The summed E-state index contributed by atoms with van der Waals surface area (Å²) in [4.78, 5) is 13.4. The van der Waals surface area contributed by atoms with Gasteiger partial charge in [-0.15, -0.1) is 0 Å². The molecule has 0 unspecified atom stereocenters. The average Bonchev–Trinajstić information content (AvgIpc) is 2.60. The molecule has 5 heteroatoms. The van der Waals surface area contributed by atoms with Crippen LogP contribution in [0.5, 0.6) is 0 Å². The van der Waals surface area contributed by atoms with Crippen molar-refractivity contribution in [3.63, 3.8) is 0 Å². The van der Waals surface area contributed by atoms with Crippen LogP contribution in [0.15, 0.2) is 6.07 Å². The molecule has 1 aliphatic heterocycles. The van der Waals surface area contributed by atoms with E-state index >= 15 is 0 Å². The highest BCUT2D eigenvalue weighted by Crippen LogP contribution is 2.16. The third kappa shape index (κ3) is 4.06. The van der Waals surface area contributed by atoms with E-state index in [2.05, 4.69) is 26.7 Å². The fourth-order valence-corrected chi connectivity index (χ4v) is 2.54. The molecule has 0 aliphatic carbocycles. The summed E-state index contributed by atoms with van der Waals surface area (Å²) in [6.45, 7) is 9.82. The van der Waals surface area contributed by atoms with Gasteiger partial charge >= 0.3 is 0 Å². The van der Waals surface area contributed by atoms with Crippen LogP contribution in [0.25, 0.3) is 0 Å². The van der Waals surface area contributed by atoms with Crippen molar-refractivity contribution in [3.8, 4) is 0 Å². The molecule has 0 amide bonds. The molecule has 0 spiro atoms. The van der Waals surface area contributed by atoms with Crippen molar-refractivity contribution in [1.29, 1.82) is 0 Å². The molecule has 0 saturated carbocycles. The predicted molar refractivity (Wildman–Crippen MR) is 79.4 cm³/mol. The van der Waals surface area contributed by atoms with E-state index < -0.39 is 0 Å². The maximum atomic E-state index is 5.74. The van der Waals surface area contributed by atoms with Gasteiger partial charge < -0.3 is 15.5 Å². The van der Waals surface area contributed by atoms with Gasteiger partial charge in [0.1, 0.15) is 5.82 Å². The lowest BCUT2D eigenvalue weighted by atomic mass is 10.3. The molecule has 2 heterocycles. The van der Waals surface area contributed by atoms with Crippen LogP contribution in [0.2, 0.25) is 0 Å². The number of hydrogen-bond acceptors (Lipinski definition) is 5. The zero-order valence-corrected chi connectivity index (χ0v) is 12.1. The Bertz CT molecular complexity index is 387. The third-order valence-electron chi connectivity index (χ3n) is 3.60. The number of anilines is 2. The van der Waals surface area contributed by atoms with E-state index in [0.717, 1.165) is 31.1 Å². The van der Waals surface area contributed by atoms with Crippen LogP contribution in [0, 0.1) is 6.92 Å². The Morgan fingerprint density at radius 1 is 1.21 bits per heavy atom. The Hall–Kier alpha value is -1.36. The summed E-state index contributed by atoms with van der Waals surface area (Å²) in [6, 6.07) is 2.03. The first-order valence-corrected chi connectivity index (χ1v) is 7.27. The number of hydrogen-bond donors (Lipinski definition) is 1. The van der Waals surface area contributed by atoms with Crippen molar-refractivity contribution in [2.24, 2.45) is 0 Å². The lowest BCUT2D eigenvalue weighted by Crippen LogP contribution is -2.31. The van der Waals surface area contributed by atoms with Gasteiger partial charge in [0.15, 0.2) is 0 Å². The molecule has 1 saturated heterocycles. The Kier molecular flexibility index (Phi) is 4.96. The van der Waals surface area contributed by atoms with Crippen molar-refractivity contribution in [3.05, 3.63) is 11.8 Å². The summed E-state index contributed by atoms with van der Waals surface area (Å²) in [5.74, 6) is 1.35. The minimum absolute atomic E-state index is 0.377. The number of aryl methyl sites for hydroxylation is 1. The Morgan fingerprint density at radius 3 is 2.79 bits per heavy atom. The van der Waals surface area contributed by atoms with Gasteiger partial charge in [-0.05, 0) is 32.9 Å². The minimum Gasteiger partial charge on any atom is -0.368 e. The monoisotopic (exact) mass is 263 g/mol. The summed E-state index contributed by atoms with van der Waals surface area (Å²) in [5.41, 5.74) is 6.68. The minimum atomic E-state index is 0.377. The van der Waals surface area contributed by atoms with Crippen molar-refractivity contribution in [2.75, 3.05) is 43.4 Å². The number of nitrogen functional groups attached to an aromatic ring is 1. The van der Waals surface area contributed by atoms with Crippen molar-refractivity contribution < 1.29 is 0 Å². The van der Waals surface area contributed by atoms with Crippen molar-refractivity contribution in [2.45, 2.75) is 33.1 Å². The smallest absolute Gasteiger partial charge is 0.222 e. The Morgan fingerprint density at radius 2 is 2.05 bits per heavy atom. The fraction of sp³-hybridized carbons (Fsp3) is 0.714. The molecule has 1 fully saturated rings. The summed E-state index contributed by atoms with van der Waals surface area (Å²) in [6.07, 6.45) is 3.74. The molecule has 0 atom stereocenters. The van der Waals surface area contributed by atoms with Gasteiger partial charge in [-0.1, -0.05) is 13.3 Å². The molecule has 5 nitrogen and oxygen atoms in total. The first-order valence-electron chi connectivity index (χ1n) is 7.27. The summed E-state index contributed by atoms with van der Waals surface area (Å²) in [7, 11) is 0. The average molecular weight is 263 g/mol. The highest BCUT2D eigenvalue weighted by molar-refractivity contribution is 5.43. The molecule has 2 N–H and O–H groups in total. The van der Waals surface area contributed by atoms with Crippen LogP contribution in [-0.4, -0.2) is 47.6 Å². The van der Waals surface area contributed by atoms with E-state index in [4.69, 9.17) is 5.73 Å². The zero-order chi connectivity index (χ0) is 13.7. The molecule has 1 aromatic rings. The molecular formula is C14H25N5. The number of aromatic nitrogens is 2. The molecule has 0 bridgehead atoms. The van der Waals surface area contributed by atoms with Gasteiger partial charge in [0, 0.05) is 31.4 Å². The van der Waals surface area contributed by atoms with E-state index in [9.17, 15) is 0 Å². The van der Waals surface area contributed by atoms with Crippen molar-refractivity contribution in [1.82, 2.24) is 14.9 Å². The largest absolute Gasteiger partial charge is 0.368 e. The van der Waals surface area contributed by atoms with Crippen LogP contribution >= 0.6 is 0 Å². The number of rotatable bonds is 4. The van der Waals surface area contributed by atoms with Crippen LogP contribution in [0.3, 0.4) is 0 Å². The molecule has 106 valence electrons. The van der Waals surface area contributed by atoms with Gasteiger partial charge in [-0.2, -0.15) is 4.98 Å². The molecule has 19 heavy (non-hydrogen) atoms. The van der Waals surface area contributed by atoms with E-state index in [1.165, 1.54) is 32.4 Å².